The SMILES string of the molecule is C#CC1CC(=O)N(c2cc(C)cc(C)c2N)C1. The molecule has 1 aromatic carbocycles. The Kier molecular flexibility index (Phi) is 2.81. The second kappa shape index (κ2) is 4.14. The van der Waals surface area contributed by atoms with Crippen molar-refractivity contribution in [2.75, 3.05) is 17.2 Å². The van der Waals surface area contributed by atoms with Crippen LogP contribution in [-0.2, 0) is 4.79 Å². The average molecular weight is 228 g/mol. The van der Waals surface area contributed by atoms with Gasteiger partial charge in [0.25, 0.3) is 0 Å². The molecule has 1 aromatic rings. The summed E-state index contributed by atoms with van der Waals surface area (Å²) < 4.78 is 0. The van der Waals surface area contributed by atoms with Crippen molar-refractivity contribution in [3.05, 3.63) is 23.3 Å². The zero-order valence-corrected chi connectivity index (χ0v) is 10.2. The van der Waals surface area contributed by atoms with Gasteiger partial charge in [0.05, 0.1) is 11.4 Å². The third-order valence-corrected chi connectivity index (χ3v) is 3.16. The normalized spacial score (nSPS) is 19.5. The first kappa shape index (κ1) is 11.5. The highest BCUT2D eigenvalue weighted by molar-refractivity contribution is 5.99. The molecular formula is C14H16N2O. The number of hydrogen-bond acceptors (Lipinski definition) is 2. The minimum atomic E-state index is 0.00252. The lowest BCUT2D eigenvalue weighted by molar-refractivity contribution is -0.117. The number of nitrogens with two attached hydrogens (primary N) is 1. The molecule has 3 heteroatoms. The third kappa shape index (κ3) is 1.99. The van der Waals surface area contributed by atoms with Crippen LogP contribution in [-0.4, -0.2) is 12.5 Å². The molecule has 0 aliphatic carbocycles. The number of carbonyl (C=O) groups excluding carboxylic acids is 1. The number of nitrogen functional groups attached to an aromatic ring is 1. The Morgan fingerprint density at radius 2 is 2.18 bits per heavy atom. The highest BCUT2D eigenvalue weighted by atomic mass is 16.2. The van der Waals surface area contributed by atoms with Gasteiger partial charge >= 0.3 is 0 Å². The summed E-state index contributed by atoms with van der Waals surface area (Å²) in [5.74, 6) is 2.70. The molecule has 3 nitrogen and oxygen atoms in total. The number of aryl methyl sites for hydroxylation is 2. The van der Waals surface area contributed by atoms with Gasteiger partial charge in [-0.2, -0.15) is 0 Å². The molecule has 0 aromatic heterocycles. The van der Waals surface area contributed by atoms with E-state index < -0.39 is 0 Å². The summed E-state index contributed by atoms with van der Waals surface area (Å²) >= 11 is 0. The van der Waals surface area contributed by atoms with Gasteiger partial charge in [-0.3, -0.25) is 4.79 Å². The average Bonchev–Trinajstić information content (AvgIpc) is 2.65. The fourth-order valence-corrected chi connectivity index (χ4v) is 2.23. The van der Waals surface area contributed by atoms with E-state index in [9.17, 15) is 4.79 Å². The van der Waals surface area contributed by atoms with E-state index in [1.165, 1.54) is 0 Å². The van der Waals surface area contributed by atoms with Gasteiger partial charge in [-0.1, -0.05) is 6.07 Å². The molecule has 2 N–H and O–H groups in total. The van der Waals surface area contributed by atoms with Gasteiger partial charge in [-0.25, -0.2) is 0 Å². The summed E-state index contributed by atoms with van der Waals surface area (Å²) in [6, 6.07) is 3.96. The molecule has 0 radical (unpaired) electrons. The van der Waals surface area contributed by atoms with Crippen LogP contribution in [0.5, 0.6) is 0 Å². The van der Waals surface area contributed by atoms with Crippen LogP contribution in [0.4, 0.5) is 11.4 Å². The lowest BCUT2D eigenvalue weighted by Crippen LogP contribution is -2.25. The topological polar surface area (TPSA) is 46.3 Å². The van der Waals surface area contributed by atoms with E-state index in [-0.39, 0.29) is 11.8 Å². The summed E-state index contributed by atoms with van der Waals surface area (Å²) in [5, 5.41) is 0. The summed E-state index contributed by atoms with van der Waals surface area (Å²) in [6.07, 6.45) is 5.79. The van der Waals surface area contributed by atoms with Crippen molar-refractivity contribution in [1.29, 1.82) is 0 Å². The number of nitrogens with zero attached hydrogens (tertiary/aromatic N) is 1. The number of hydrogen-bond donors (Lipinski definition) is 1. The zero-order chi connectivity index (χ0) is 12.6. The molecule has 1 aliphatic rings. The van der Waals surface area contributed by atoms with Crippen molar-refractivity contribution < 1.29 is 4.79 Å². The summed E-state index contributed by atoms with van der Waals surface area (Å²) in [7, 11) is 0. The van der Waals surface area contributed by atoms with Gasteiger partial charge in [0.1, 0.15) is 0 Å². The number of amides is 1. The van der Waals surface area contributed by atoms with Crippen molar-refractivity contribution in [3.8, 4) is 12.3 Å². The van der Waals surface area contributed by atoms with E-state index >= 15 is 0 Å². The highest BCUT2D eigenvalue weighted by Crippen LogP contribution is 2.32. The maximum absolute atomic E-state index is 11.9. The van der Waals surface area contributed by atoms with Gasteiger partial charge in [-0.15, -0.1) is 12.3 Å². The molecule has 88 valence electrons. The van der Waals surface area contributed by atoms with Crippen LogP contribution < -0.4 is 10.6 Å². The van der Waals surface area contributed by atoms with Crippen LogP contribution in [0.2, 0.25) is 0 Å². The Balaban J connectivity index is 2.42. The lowest BCUT2D eigenvalue weighted by atomic mass is 10.1. The first-order valence-corrected chi connectivity index (χ1v) is 5.66. The Hall–Kier alpha value is -1.95. The van der Waals surface area contributed by atoms with E-state index in [2.05, 4.69) is 5.92 Å². The van der Waals surface area contributed by atoms with Gasteiger partial charge < -0.3 is 10.6 Å². The highest BCUT2D eigenvalue weighted by Gasteiger charge is 2.30. The molecule has 1 fully saturated rings. The van der Waals surface area contributed by atoms with Crippen LogP contribution in [0.25, 0.3) is 0 Å². The molecule has 1 saturated heterocycles. The van der Waals surface area contributed by atoms with Crippen molar-refractivity contribution in [3.63, 3.8) is 0 Å². The van der Waals surface area contributed by atoms with Crippen LogP contribution in [0.15, 0.2) is 12.1 Å². The van der Waals surface area contributed by atoms with Gasteiger partial charge in [0.2, 0.25) is 5.91 Å². The molecule has 1 atom stereocenters. The third-order valence-electron chi connectivity index (χ3n) is 3.16. The van der Waals surface area contributed by atoms with Crippen molar-refractivity contribution in [2.45, 2.75) is 20.3 Å². The predicted molar refractivity (Wildman–Crippen MR) is 69.6 cm³/mol. The Bertz CT molecular complexity index is 514. The van der Waals surface area contributed by atoms with Gasteiger partial charge in [0, 0.05) is 18.9 Å². The first-order chi connectivity index (χ1) is 8.02. The summed E-state index contributed by atoms with van der Waals surface area (Å²) in [4.78, 5) is 13.6. The van der Waals surface area contributed by atoms with Gasteiger partial charge in [0.15, 0.2) is 0 Å². The second-order valence-corrected chi connectivity index (χ2v) is 4.59. The van der Waals surface area contributed by atoms with E-state index in [4.69, 9.17) is 12.2 Å². The fourth-order valence-electron chi connectivity index (χ4n) is 2.23. The molecular weight excluding hydrogens is 212 g/mol. The first-order valence-electron chi connectivity index (χ1n) is 5.66. The van der Waals surface area contributed by atoms with Crippen LogP contribution in [0.3, 0.4) is 0 Å². The molecule has 0 bridgehead atoms. The molecule has 1 unspecified atom stereocenters. The van der Waals surface area contributed by atoms with E-state index in [0.29, 0.717) is 18.7 Å². The Morgan fingerprint density at radius 3 is 2.76 bits per heavy atom. The Morgan fingerprint density at radius 1 is 1.47 bits per heavy atom. The maximum Gasteiger partial charge on any atom is 0.228 e. The smallest absolute Gasteiger partial charge is 0.228 e. The maximum atomic E-state index is 11.9. The standard InChI is InChI=1S/C14H16N2O/c1-4-11-7-13(17)16(8-11)12-6-9(2)5-10(3)14(12)15/h1,5-6,11H,7-8,15H2,2-3H3. The number of anilines is 2. The quantitative estimate of drug-likeness (QED) is 0.589. The van der Waals surface area contributed by atoms with Crippen LogP contribution in [0, 0.1) is 32.1 Å². The minimum absolute atomic E-state index is 0.00252. The monoisotopic (exact) mass is 228 g/mol. The van der Waals surface area contributed by atoms with E-state index in [0.717, 1.165) is 16.8 Å². The van der Waals surface area contributed by atoms with E-state index in [1.807, 2.05) is 26.0 Å². The number of terminal acetylenes is 1. The van der Waals surface area contributed by atoms with Crippen LogP contribution in [0.1, 0.15) is 17.5 Å². The van der Waals surface area contributed by atoms with Crippen molar-refractivity contribution in [1.82, 2.24) is 0 Å². The molecule has 1 amide bonds. The minimum Gasteiger partial charge on any atom is -0.397 e. The number of rotatable bonds is 1. The summed E-state index contributed by atoms with van der Waals surface area (Å²) in [5.41, 5.74) is 9.60. The Labute approximate surface area is 102 Å². The number of benzene rings is 1. The zero-order valence-electron chi connectivity index (χ0n) is 10.2. The van der Waals surface area contributed by atoms with E-state index in [1.54, 1.807) is 4.90 Å². The largest absolute Gasteiger partial charge is 0.397 e. The van der Waals surface area contributed by atoms with Crippen molar-refractivity contribution >= 4 is 17.3 Å². The number of carbonyl (C=O) groups is 1. The van der Waals surface area contributed by atoms with Crippen molar-refractivity contribution in [2.24, 2.45) is 5.92 Å². The molecule has 1 aliphatic heterocycles. The van der Waals surface area contributed by atoms with Gasteiger partial charge in [-0.05, 0) is 31.0 Å². The molecule has 2 rings (SSSR count). The molecule has 0 saturated carbocycles. The summed E-state index contributed by atoms with van der Waals surface area (Å²) in [6.45, 7) is 4.52. The van der Waals surface area contributed by atoms with Crippen LogP contribution >= 0.6 is 0 Å². The predicted octanol–water partition coefficient (Wildman–Crippen LogP) is 1.87. The lowest BCUT2D eigenvalue weighted by Gasteiger charge is -2.20. The molecule has 1 heterocycles. The fraction of sp³-hybridized carbons (Fsp3) is 0.357. The second-order valence-electron chi connectivity index (χ2n) is 4.59. The molecule has 0 spiro atoms. The molecule has 17 heavy (non-hydrogen) atoms.